The lowest BCUT2D eigenvalue weighted by Crippen LogP contribution is -2.35. The van der Waals surface area contributed by atoms with Crippen LogP contribution in [0.15, 0.2) is 18.2 Å². The van der Waals surface area contributed by atoms with Crippen molar-refractivity contribution in [3.8, 4) is 0 Å². The Balaban J connectivity index is 1.51. The molecule has 1 saturated heterocycles. The molecule has 1 saturated carbocycles. The first-order valence-corrected chi connectivity index (χ1v) is 12.6. The molecule has 0 radical (unpaired) electrons. The van der Waals surface area contributed by atoms with Gasteiger partial charge in [0.25, 0.3) is 0 Å². The molecule has 0 spiro atoms. The molecule has 32 heavy (non-hydrogen) atoms. The molecular weight excluding hydrogens is 445 g/mol. The number of likely N-dealkylation sites (N-methyl/N-ethyl adjacent to an activating group) is 1. The maximum absolute atomic E-state index is 6.18. The number of hydrogen-bond donors (Lipinski definition) is 3. The van der Waals surface area contributed by atoms with Crippen LogP contribution in [0.2, 0.25) is 10.0 Å². The zero-order valence-corrected chi connectivity index (χ0v) is 20.2. The maximum Gasteiger partial charge on any atom is 0.233 e. The standard InChI is InChI=1S/C23H33Cl2N7/c1-2-32-13-7-10-18(32)15-26-21-29-22(27-16-8-5-3-4-6-9-16)31-23(30-21)28-17-11-12-19(24)20(25)14-17/h11-12,14,16,18H,2-10,13,15H2,1H3,(H3,26,27,28,29,30,31). The van der Waals surface area contributed by atoms with E-state index >= 15 is 0 Å². The van der Waals surface area contributed by atoms with Crippen molar-refractivity contribution in [1.29, 1.82) is 0 Å². The molecule has 1 unspecified atom stereocenters. The molecule has 2 aromatic rings. The number of nitrogens with zero attached hydrogens (tertiary/aromatic N) is 4. The minimum Gasteiger partial charge on any atom is -0.352 e. The van der Waals surface area contributed by atoms with E-state index in [-0.39, 0.29) is 0 Å². The topological polar surface area (TPSA) is 78.0 Å². The van der Waals surface area contributed by atoms with Crippen LogP contribution in [0, 0.1) is 0 Å². The number of nitrogens with one attached hydrogen (secondary N) is 3. The Morgan fingerprint density at radius 2 is 1.66 bits per heavy atom. The predicted molar refractivity (Wildman–Crippen MR) is 133 cm³/mol. The third-order valence-electron chi connectivity index (χ3n) is 6.40. The van der Waals surface area contributed by atoms with Gasteiger partial charge in [-0.1, -0.05) is 55.8 Å². The molecule has 0 bridgehead atoms. The van der Waals surface area contributed by atoms with Crippen LogP contribution in [-0.4, -0.2) is 51.6 Å². The minimum atomic E-state index is 0.399. The average Bonchev–Trinajstić information content (AvgIpc) is 3.09. The molecule has 1 atom stereocenters. The molecule has 3 N–H and O–H groups in total. The van der Waals surface area contributed by atoms with Gasteiger partial charge in [0.05, 0.1) is 10.0 Å². The first-order chi connectivity index (χ1) is 15.6. The second-order valence-corrected chi connectivity index (χ2v) is 9.51. The number of hydrogen-bond acceptors (Lipinski definition) is 7. The molecule has 2 heterocycles. The molecule has 0 amide bonds. The second kappa shape index (κ2) is 11.3. The summed E-state index contributed by atoms with van der Waals surface area (Å²) >= 11 is 12.2. The van der Waals surface area contributed by atoms with Gasteiger partial charge in [0, 0.05) is 24.3 Å². The molecule has 1 aromatic carbocycles. The van der Waals surface area contributed by atoms with Crippen LogP contribution in [0.3, 0.4) is 0 Å². The largest absolute Gasteiger partial charge is 0.352 e. The number of likely N-dealkylation sites (tertiary alicyclic amines) is 1. The lowest BCUT2D eigenvalue weighted by atomic mass is 10.1. The summed E-state index contributed by atoms with van der Waals surface area (Å²) in [5.74, 6) is 1.67. The summed E-state index contributed by atoms with van der Waals surface area (Å²) in [7, 11) is 0. The van der Waals surface area contributed by atoms with E-state index in [2.05, 4.69) is 37.7 Å². The molecular formula is C23H33Cl2N7. The van der Waals surface area contributed by atoms with E-state index in [4.69, 9.17) is 28.2 Å². The van der Waals surface area contributed by atoms with Gasteiger partial charge in [0.15, 0.2) is 0 Å². The predicted octanol–water partition coefficient (Wildman–Crippen LogP) is 5.95. The van der Waals surface area contributed by atoms with Gasteiger partial charge in [-0.15, -0.1) is 0 Å². The van der Waals surface area contributed by atoms with Crippen molar-refractivity contribution in [2.45, 2.75) is 70.4 Å². The second-order valence-electron chi connectivity index (χ2n) is 8.70. The molecule has 174 valence electrons. The zero-order chi connectivity index (χ0) is 22.3. The number of rotatable bonds is 8. The highest BCUT2D eigenvalue weighted by Crippen LogP contribution is 2.27. The molecule has 4 rings (SSSR count). The highest BCUT2D eigenvalue weighted by atomic mass is 35.5. The fourth-order valence-electron chi connectivity index (χ4n) is 4.64. The fraction of sp³-hybridized carbons (Fsp3) is 0.609. The lowest BCUT2D eigenvalue weighted by Gasteiger charge is -2.23. The fourth-order valence-corrected chi connectivity index (χ4v) is 4.93. The van der Waals surface area contributed by atoms with E-state index in [1.807, 2.05) is 6.07 Å². The van der Waals surface area contributed by atoms with Crippen LogP contribution in [0.25, 0.3) is 0 Å². The van der Waals surface area contributed by atoms with Gasteiger partial charge in [0.1, 0.15) is 0 Å². The first kappa shape index (κ1) is 23.3. The Bertz CT molecular complexity index is 887. The van der Waals surface area contributed by atoms with E-state index in [0.717, 1.165) is 31.6 Å². The Labute approximate surface area is 200 Å². The summed E-state index contributed by atoms with van der Waals surface area (Å²) in [4.78, 5) is 16.5. The summed E-state index contributed by atoms with van der Waals surface area (Å²) in [6.45, 7) is 5.28. The Kier molecular flexibility index (Phi) is 8.27. The van der Waals surface area contributed by atoms with Crippen molar-refractivity contribution in [2.24, 2.45) is 0 Å². The average molecular weight is 478 g/mol. The van der Waals surface area contributed by atoms with Crippen LogP contribution in [0.4, 0.5) is 23.5 Å². The van der Waals surface area contributed by atoms with Gasteiger partial charge in [-0.25, -0.2) is 0 Å². The summed E-state index contributed by atoms with van der Waals surface area (Å²) < 4.78 is 0. The van der Waals surface area contributed by atoms with Crippen LogP contribution < -0.4 is 16.0 Å². The third kappa shape index (κ3) is 6.36. The lowest BCUT2D eigenvalue weighted by molar-refractivity contribution is 0.277. The van der Waals surface area contributed by atoms with Gasteiger partial charge in [-0.3, -0.25) is 4.90 Å². The summed E-state index contributed by atoms with van der Waals surface area (Å²) in [5, 5.41) is 11.3. The van der Waals surface area contributed by atoms with Crippen molar-refractivity contribution in [3.63, 3.8) is 0 Å². The molecule has 1 aliphatic carbocycles. The highest BCUT2D eigenvalue weighted by Gasteiger charge is 2.23. The van der Waals surface area contributed by atoms with Crippen molar-refractivity contribution in [3.05, 3.63) is 28.2 Å². The summed E-state index contributed by atoms with van der Waals surface area (Å²) in [5.41, 5.74) is 0.782. The first-order valence-electron chi connectivity index (χ1n) is 11.8. The van der Waals surface area contributed by atoms with Crippen molar-refractivity contribution >= 4 is 46.7 Å². The normalized spacial score (nSPS) is 20.2. The van der Waals surface area contributed by atoms with Crippen LogP contribution in [0.1, 0.15) is 58.3 Å². The SMILES string of the molecule is CCN1CCCC1CNc1nc(Nc2ccc(Cl)c(Cl)c2)nc(NC2CCCCCC2)n1. The monoisotopic (exact) mass is 477 g/mol. The van der Waals surface area contributed by atoms with E-state index in [9.17, 15) is 0 Å². The van der Waals surface area contributed by atoms with E-state index in [1.54, 1.807) is 12.1 Å². The van der Waals surface area contributed by atoms with Gasteiger partial charge < -0.3 is 16.0 Å². The Hall–Kier alpha value is -1.83. The molecule has 7 nitrogen and oxygen atoms in total. The molecule has 2 fully saturated rings. The van der Waals surface area contributed by atoms with Crippen molar-refractivity contribution < 1.29 is 0 Å². The molecule has 1 aliphatic heterocycles. The van der Waals surface area contributed by atoms with Crippen molar-refractivity contribution in [1.82, 2.24) is 19.9 Å². The van der Waals surface area contributed by atoms with Gasteiger partial charge in [0.2, 0.25) is 17.8 Å². The molecule has 2 aliphatic rings. The summed E-state index contributed by atoms with van der Waals surface area (Å²) in [6.07, 6.45) is 9.86. The minimum absolute atomic E-state index is 0.399. The Morgan fingerprint density at radius 3 is 2.41 bits per heavy atom. The maximum atomic E-state index is 6.18. The number of benzene rings is 1. The molecule has 9 heteroatoms. The van der Waals surface area contributed by atoms with Crippen molar-refractivity contribution in [2.75, 3.05) is 35.6 Å². The van der Waals surface area contributed by atoms with Gasteiger partial charge >= 0.3 is 0 Å². The highest BCUT2D eigenvalue weighted by molar-refractivity contribution is 6.42. The number of aromatic nitrogens is 3. The van der Waals surface area contributed by atoms with Gasteiger partial charge in [-0.2, -0.15) is 15.0 Å². The van der Waals surface area contributed by atoms with E-state index < -0.39 is 0 Å². The van der Waals surface area contributed by atoms with Crippen LogP contribution in [-0.2, 0) is 0 Å². The number of halogens is 2. The van der Waals surface area contributed by atoms with E-state index in [0.29, 0.717) is 40.0 Å². The van der Waals surface area contributed by atoms with Crippen LogP contribution >= 0.6 is 23.2 Å². The van der Waals surface area contributed by atoms with Gasteiger partial charge in [-0.05, 0) is 57.0 Å². The van der Waals surface area contributed by atoms with E-state index in [1.165, 1.54) is 45.1 Å². The third-order valence-corrected chi connectivity index (χ3v) is 7.14. The smallest absolute Gasteiger partial charge is 0.233 e. The zero-order valence-electron chi connectivity index (χ0n) is 18.7. The molecule has 1 aromatic heterocycles. The quantitative estimate of drug-likeness (QED) is 0.405. The number of anilines is 4. The Morgan fingerprint density at radius 1 is 0.906 bits per heavy atom. The summed E-state index contributed by atoms with van der Waals surface area (Å²) in [6, 6.07) is 6.31. The van der Waals surface area contributed by atoms with Crippen LogP contribution in [0.5, 0.6) is 0 Å².